The fourth-order valence-corrected chi connectivity index (χ4v) is 2.66. The Hall–Kier alpha value is -1.69. The summed E-state index contributed by atoms with van der Waals surface area (Å²) in [7, 11) is -2.40. The number of sulfone groups is 1. The van der Waals surface area contributed by atoms with Gasteiger partial charge in [-0.15, -0.1) is 0 Å². The van der Waals surface area contributed by atoms with Gasteiger partial charge >= 0.3 is 5.97 Å². The Labute approximate surface area is 106 Å². The summed E-state index contributed by atoms with van der Waals surface area (Å²) in [5, 5.41) is 0. The lowest BCUT2D eigenvalue weighted by atomic mass is 10.00. The van der Waals surface area contributed by atoms with Gasteiger partial charge in [0.25, 0.3) is 0 Å². The highest BCUT2D eigenvalue weighted by atomic mass is 32.2. The van der Waals surface area contributed by atoms with Gasteiger partial charge in [0, 0.05) is 11.8 Å². The Morgan fingerprint density at radius 3 is 2.17 bits per heavy atom. The van der Waals surface area contributed by atoms with Crippen LogP contribution in [0.2, 0.25) is 0 Å². The number of ether oxygens (including phenoxy) is 1. The number of methoxy groups -OCH3 is 1. The van der Waals surface area contributed by atoms with Crippen LogP contribution in [0.25, 0.3) is 0 Å². The first-order valence-electron chi connectivity index (χ1n) is 5.13. The van der Waals surface area contributed by atoms with E-state index in [1.165, 1.54) is 26.0 Å². The smallest absolute Gasteiger partial charge is 0.339 e. The second kappa shape index (κ2) is 4.89. The Bertz CT molecular complexity index is 614. The lowest BCUT2D eigenvalue weighted by Crippen LogP contribution is -2.14. The van der Waals surface area contributed by atoms with Gasteiger partial charge in [-0.25, -0.2) is 13.2 Å². The van der Waals surface area contributed by atoms with Crippen LogP contribution >= 0.6 is 0 Å². The SMILES string of the molecule is COC(=O)c1c(S(C)(=O)=O)ccc(C(C)=O)c1C. The summed E-state index contributed by atoms with van der Waals surface area (Å²) in [5.41, 5.74) is 0.549. The van der Waals surface area contributed by atoms with E-state index in [0.717, 1.165) is 13.4 Å². The number of carbonyl (C=O) groups is 2. The van der Waals surface area contributed by atoms with Crippen LogP contribution < -0.4 is 0 Å². The molecule has 1 aromatic rings. The maximum atomic E-state index is 11.7. The van der Waals surface area contributed by atoms with Crippen molar-refractivity contribution in [3.63, 3.8) is 0 Å². The summed E-state index contributed by atoms with van der Waals surface area (Å²) in [5.74, 6) is -1.01. The molecule has 0 radical (unpaired) electrons. The van der Waals surface area contributed by atoms with Crippen molar-refractivity contribution in [2.24, 2.45) is 0 Å². The molecule has 0 aliphatic carbocycles. The molecule has 0 atom stereocenters. The van der Waals surface area contributed by atoms with E-state index in [0.29, 0.717) is 11.1 Å². The molecule has 0 aliphatic rings. The molecule has 0 aliphatic heterocycles. The van der Waals surface area contributed by atoms with Crippen molar-refractivity contribution < 1.29 is 22.7 Å². The van der Waals surface area contributed by atoms with E-state index >= 15 is 0 Å². The van der Waals surface area contributed by atoms with Crippen molar-refractivity contribution in [3.05, 3.63) is 28.8 Å². The Morgan fingerprint density at radius 1 is 1.22 bits per heavy atom. The molecule has 0 bridgehead atoms. The third kappa shape index (κ3) is 2.59. The zero-order chi connectivity index (χ0) is 14.1. The summed E-state index contributed by atoms with van der Waals surface area (Å²) in [6.07, 6.45) is 1.00. The molecule has 1 aromatic carbocycles. The predicted molar refractivity (Wildman–Crippen MR) is 65.6 cm³/mol. The number of ketones is 1. The second-order valence-corrected chi connectivity index (χ2v) is 5.92. The van der Waals surface area contributed by atoms with Crippen LogP contribution in [0.4, 0.5) is 0 Å². The molecule has 0 heterocycles. The lowest BCUT2D eigenvalue weighted by Gasteiger charge is -2.12. The van der Waals surface area contributed by atoms with Gasteiger partial charge in [-0.1, -0.05) is 0 Å². The largest absolute Gasteiger partial charge is 0.465 e. The van der Waals surface area contributed by atoms with Crippen molar-refractivity contribution in [1.82, 2.24) is 0 Å². The number of benzene rings is 1. The third-order valence-corrected chi connectivity index (χ3v) is 3.73. The normalized spacial score (nSPS) is 11.1. The summed E-state index contributed by atoms with van der Waals surface area (Å²) in [6.45, 7) is 2.88. The van der Waals surface area contributed by atoms with Crippen LogP contribution in [0.3, 0.4) is 0 Å². The highest BCUT2D eigenvalue weighted by Crippen LogP contribution is 2.24. The van der Waals surface area contributed by atoms with Crippen LogP contribution in [0.15, 0.2) is 17.0 Å². The topological polar surface area (TPSA) is 77.5 Å². The standard InChI is InChI=1S/C12H14O5S/c1-7-9(8(2)13)5-6-10(18(4,15)16)11(7)12(14)17-3/h5-6H,1-4H3. The van der Waals surface area contributed by atoms with E-state index < -0.39 is 15.8 Å². The molecule has 0 amide bonds. The van der Waals surface area contributed by atoms with Gasteiger partial charge in [-0.05, 0) is 31.5 Å². The van der Waals surface area contributed by atoms with Crippen molar-refractivity contribution in [2.75, 3.05) is 13.4 Å². The van der Waals surface area contributed by atoms with E-state index in [-0.39, 0.29) is 16.2 Å². The van der Waals surface area contributed by atoms with Crippen LogP contribution in [0.5, 0.6) is 0 Å². The van der Waals surface area contributed by atoms with E-state index in [1.807, 2.05) is 0 Å². The van der Waals surface area contributed by atoms with Crippen LogP contribution in [0.1, 0.15) is 33.2 Å². The molecule has 0 fully saturated rings. The van der Waals surface area contributed by atoms with Gasteiger partial charge in [-0.3, -0.25) is 4.79 Å². The van der Waals surface area contributed by atoms with Gasteiger partial charge in [0.2, 0.25) is 0 Å². The Morgan fingerprint density at radius 2 is 1.78 bits per heavy atom. The van der Waals surface area contributed by atoms with Gasteiger partial charge in [0.15, 0.2) is 15.6 Å². The number of hydrogen-bond donors (Lipinski definition) is 0. The number of esters is 1. The van der Waals surface area contributed by atoms with Gasteiger partial charge in [0.1, 0.15) is 0 Å². The van der Waals surface area contributed by atoms with Gasteiger partial charge in [-0.2, -0.15) is 0 Å². The zero-order valence-electron chi connectivity index (χ0n) is 10.6. The molecular formula is C12H14O5S. The number of hydrogen-bond acceptors (Lipinski definition) is 5. The molecule has 0 spiro atoms. The maximum Gasteiger partial charge on any atom is 0.339 e. The first kappa shape index (κ1) is 14.4. The quantitative estimate of drug-likeness (QED) is 0.612. The molecule has 6 heteroatoms. The highest BCUT2D eigenvalue weighted by molar-refractivity contribution is 7.90. The van der Waals surface area contributed by atoms with Crippen molar-refractivity contribution in [2.45, 2.75) is 18.7 Å². The molecule has 0 N–H and O–H groups in total. The average molecular weight is 270 g/mol. The van der Waals surface area contributed by atoms with E-state index in [2.05, 4.69) is 4.74 Å². The molecule has 0 unspecified atom stereocenters. The highest BCUT2D eigenvalue weighted by Gasteiger charge is 2.24. The van der Waals surface area contributed by atoms with Crippen molar-refractivity contribution in [1.29, 1.82) is 0 Å². The average Bonchev–Trinajstić information content (AvgIpc) is 2.25. The minimum absolute atomic E-state index is 0.0762. The van der Waals surface area contributed by atoms with Gasteiger partial charge < -0.3 is 4.74 Å². The molecular weight excluding hydrogens is 256 g/mol. The van der Waals surface area contributed by atoms with Crippen LogP contribution in [0, 0.1) is 6.92 Å². The summed E-state index contributed by atoms with van der Waals surface area (Å²) >= 11 is 0. The number of Topliss-reactive ketones (excluding diaryl/α,β-unsaturated/α-hetero) is 1. The van der Waals surface area contributed by atoms with E-state index in [9.17, 15) is 18.0 Å². The molecule has 0 saturated carbocycles. The zero-order valence-corrected chi connectivity index (χ0v) is 11.4. The fourth-order valence-electron chi connectivity index (χ4n) is 1.73. The number of rotatable bonds is 3. The van der Waals surface area contributed by atoms with Gasteiger partial charge in [0.05, 0.1) is 17.6 Å². The first-order valence-corrected chi connectivity index (χ1v) is 7.02. The molecule has 18 heavy (non-hydrogen) atoms. The minimum Gasteiger partial charge on any atom is -0.465 e. The van der Waals surface area contributed by atoms with Crippen LogP contribution in [-0.2, 0) is 14.6 Å². The lowest BCUT2D eigenvalue weighted by molar-refractivity contribution is 0.0595. The summed E-state index contributed by atoms with van der Waals surface area (Å²) in [4.78, 5) is 22.9. The van der Waals surface area contributed by atoms with E-state index in [1.54, 1.807) is 0 Å². The molecule has 0 saturated heterocycles. The molecule has 0 aromatic heterocycles. The maximum absolute atomic E-state index is 11.7. The Balaban J connectivity index is 3.73. The van der Waals surface area contributed by atoms with Crippen molar-refractivity contribution in [3.8, 4) is 0 Å². The molecule has 5 nitrogen and oxygen atoms in total. The third-order valence-electron chi connectivity index (χ3n) is 2.60. The van der Waals surface area contributed by atoms with E-state index in [4.69, 9.17) is 0 Å². The number of carbonyl (C=O) groups excluding carboxylic acids is 2. The van der Waals surface area contributed by atoms with Crippen molar-refractivity contribution >= 4 is 21.6 Å². The summed E-state index contributed by atoms with van der Waals surface area (Å²) < 4.78 is 27.8. The molecule has 98 valence electrons. The predicted octanol–water partition coefficient (Wildman–Crippen LogP) is 1.39. The Kier molecular flexibility index (Phi) is 3.91. The summed E-state index contributed by atoms with van der Waals surface area (Å²) in [6, 6.07) is 2.66. The monoisotopic (exact) mass is 270 g/mol. The fraction of sp³-hybridized carbons (Fsp3) is 0.333. The molecule has 1 rings (SSSR count). The first-order chi connectivity index (χ1) is 8.20. The minimum atomic E-state index is -3.57. The second-order valence-electron chi connectivity index (χ2n) is 3.93. The van der Waals surface area contributed by atoms with Crippen LogP contribution in [-0.4, -0.2) is 33.5 Å².